The van der Waals surface area contributed by atoms with Crippen LogP contribution in [0.2, 0.25) is 0 Å². The summed E-state index contributed by atoms with van der Waals surface area (Å²) in [5.41, 5.74) is 4.50. The SMILES string of the molecule is O=C(Cc1ccccc1)Nc1ccc(C(=O)N2CCCc3ccccc32)cc1. The van der Waals surface area contributed by atoms with Gasteiger partial charge in [0, 0.05) is 23.5 Å². The summed E-state index contributed by atoms with van der Waals surface area (Å²) in [5.74, 6) is -0.0791. The zero-order chi connectivity index (χ0) is 19.3. The largest absolute Gasteiger partial charge is 0.326 e. The fraction of sp³-hybridized carbons (Fsp3) is 0.167. The maximum Gasteiger partial charge on any atom is 0.258 e. The van der Waals surface area contributed by atoms with Crippen molar-refractivity contribution in [1.29, 1.82) is 0 Å². The molecule has 0 saturated carbocycles. The minimum Gasteiger partial charge on any atom is -0.326 e. The summed E-state index contributed by atoms with van der Waals surface area (Å²) in [4.78, 5) is 27.0. The van der Waals surface area contributed by atoms with Crippen molar-refractivity contribution in [3.63, 3.8) is 0 Å². The number of anilines is 2. The van der Waals surface area contributed by atoms with Gasteiger partial charge < -0.3 is 10.2 Å². The second-order valence-electron chi connectivity index (χ2n) is 6.98. The predicted octanol–water partition coefficient (Wildman–Crippen LogP) is 4.46. The summed E-state index contributed by atoms with van der Waals surface area (Å²) in [6, 6.07) is 24.8. The molecule has 2 amide bonds. The summed E-state index contributed by atoms with van der Waals surface area (Å²) < 4.78 is 0. The lowest BCUT2D eigenvalue weighted by molar-refractivity contribution is -0.115. The van der Waals surface area contributed by atoms with Crippen LogP contribution in [-0.4, -0.2) is 18.4 Å². The molecule has 4 nitrogen and oxygen atoms in total. The lowest BCUT2D eigenvalue weighted by Crippen LogP contribution is -2.35. The second-order valence-corrected chi connectivity index (χ2v) is 6.98. The molecule has 0 fully saturated rings. The number of hydrogen-bond donors (Lipinski definition) is 1. The molecular weight excluding hydrogens is 348 g/mol. The maximum absolute atomic E-state index is 13.0. The van der Waals surface area contributed by atoms with E-state index in [1.54, 1.807) is 24.3 Å². The van der Waals surface area contributed by atoms with Gasteiger partial charge in [-0.25, -0.2) is 0 Å². The molecule has 4 rings (SSSR count). The van der Waals surface area contributed by atoms with Crippen LogP contribution >= 0.6 is 0 Å². The number of nitrogens with one attached hydrogen (secondary N) is 1. The number of amides is 2. The van der Waals surface area contributed by atoms with Gasteiger partial charge in [0.25, 0.3) is 5.91 Å². The number of benzene rings is 3. The molecule has 0 aliphatic carbocycles. The topological polar surface area (TPSA) is 49.4 Å². The number of hydrogen-bond acceptors (Lipinski definition) is 2. The Morgan fingerprint density at radius 2 is 1.57 bits per heavy atom. The lowest BCUT2D eigenvalue weighted by Gasteiger charge is -2.29. The highest BCUT2D eigenvalue weighted by Gasteiger charge is 2.23. The van der Waals surface area contributed by atoms with E-state index in [-0.39, 0.29) is 11.8 Å². The first-order valence-corrected chi connectivity index (χ1v) is 9.54. The highest BCUT2D eigenvalue weighted by Crippen LogP contribution is 2.28. The molecule has 1 N–H and O–H groups in total. The van der Waals surface area contributed by atoms with Crippen LogP contribution in [0.25, 0.3) is 0 Å². The third-order valence-electron chi connectivity index (χ3n) is 4.98. The van der Waals surface area contributed by atoms with E-state index in [0.717, 1.165) is 30.6 Å². The second kappa shape index (κ2) is 8.09. The molecule has 0 aromatic heterocycles. The third kappa shape index (κ3) is 3.96. The van der Waals surface area contributed by atoms with E-state index < -0.39 is 0 Å². The smallest absolute Gasteiger partial charge is 0.258 e. The molecule has 1 aliphatic rings. The summed E-state index contributed by atoms with van der Waals surface area (Å²) in [5, 5.41) is 2.89. The summed E-state index contributed by atoms with van der Waals surface area (Å²) in [6.45, 7) is 0.728. The highest BCUT2D eigenvalue weighted by molar-refractivity contribution is 6.07. The number of carbonyl (C=O) groups is 2. The van der Waals surface area contributed by atoms with Crippen molar-refractivity contribution < 1.29 is 9.59 Å². The molecule has 28 heavy (non-hydrogen) atoms. The van der Waals surface area contributed by atoms with E-state index >= 15 is 0 Å². The zero-order valence-electron chi connectivity index (χ0n) is 15.6. The maximum atomic E-state index is 13.0. The molecule has 0 saturated heterocycles. The average Bonchev–Trinajstić information content (AvgIpc) is 2.74. The van der Waals surface area contributed by atoms with E-state index in [1.165, 1.54) is 5.56 Å². The van der Waals surface area contributed by atoms with Crippen molar-refractivity contribution >= 4 is 23.2 Å². The van der Waals surface area contributed by atoms with Crippen LogP contribution in [0.5, 0.6) is 0 Å². The van der Waals surface area contributed by atoms with E-state index in [2.05, 4.69) is 11.4 Å². The molecular formula is C24H22N2O2. The number of carbonyl (C=O) groups excluding carboxylic acids is 2. The summed E-state index contributed by atoms with van der Waals surface area (Å²) in [6.07, 6.45) is 2.30. The van der Waals surface area contributed by atoms with E-state index in [1.807, 2.05) is 53.4 Å². The molecule has 1 aliphatic heterocycles. The monoisotopic (exact) mass is 370 g/mol. The molecule has 4 heteroatoms. The van der Waals surface area contributed by atoms with Crippen molar-refractivity contribution in [3.8, 4) is 0 Å². The highest BCUT2D eigenvalue weighted by atomic mass is 16.2. The Kier molecular flexibility index (Phi) is 5.20. The quantitative estimate of drug-likeness (QED) is 0.737. The van der Waals surface area contributed by atoms with Gasteiger partial charge in [-0.05, 0) is 54.3 Å². The van der Waals surface area contributed by atoms with Gasteiger partial charge in [0.15, 0.2) is 0 Å². The Labute approximate surface area is 164 Å². The third-order valence-corrected chi connectivity index (χ3v) is 4.98. The van der Waals surface area contributed by atoms with E-state index in [4.69, 9.17) is 0 Å². The fourth-order valence-electron chi connectivity index (χ4n) is 3.58. The predicted molar refractivity (Wildman–Crippen MR) is 112 cm³/mol. The summed E-state index contributed by atoms with van der Waals surface area (Å²) in [7, 11) is 0. The number of fused-ring (bicyclic) bond motifs is 1. The van der Waals surface area contributed by atoms with E-state index in [9.17, 15) is 9.59 Å². The van der Waals surface area contributed by atoms with E-state index in [0.29, 0.717) is 17.7 Å². The fourth-order valence-corrected chi connectivity index (χ4v) is 3.58. The Hall–Kier alpha value is -3.40. The van der Waals surface area contributed by atoms with Gasteiger partial charge in [-0.3, -0.25) is 9.59 Å². The van der Waals surface area contributed by atoms with Crippen LogP contribution in [0.4, 0.5) is 11.4 Å². The van der Waals surface area contributed by atoms with Crippen LogP contribution in [0.1, 0.15) is 27.9 Å². The average molecular weight is 370 g/mol. The van der Waals surface area contributed by atoms with Crippen LogP contribution in [0, 0.1) is 0 Å². The molecule has 0 bridgehead atoms. The van der Waals surface area contributed by atoms with Crippen molar-refractivity contribution in [2.75, 3.05) is 16.8 Å². The van der Waals surface area contributed by atoms with Gasteiger partial charge >= 0.3 is 0 Å². The van der Waals surface area contributed by atoms with Gasteiger partial charge in [0.2, 0.25) is 5.91 Å². The minimum absolute atomic E-state index is 0.00527. The Morgan fingerprint density at radius 3 is 2.36 bits per heavy atom. The first-order chi connectivity index (χ1) is 13.7. The Morgan fingerprint density at radius 1 is 0.857 bits per heavy atom. The van der Waals surface area contributed by atoms with Crippen molar-refractivity contribution in [1.82, 2.24) is 0 Å². The molecule has 3 aromatic carbocycles. The first kappa shape index (κ1) is 18.0. The summed E-state index contributed by atoms with van der Waals surface area (Å²) >= 11 is 0. The van der Waals surface area contributed by atoms with Crippen LogP contribution in [0.3, 0.4) is 0 Å². The Bertz CT molecular complexity index is 981. The number of para-hydroxylation sites is 1. The van der Waals surface area contributed by atoms with Crippen LogP contribution in [0.15, 0.2) is 78.9 Å². The minimum atomic E-state index is -0.0739. The number of nitrogens with zero attached hydrogens (tertiary/aromatic N) is 1. The van der Waals surface area contributed by atoms with Gasteiger partial charge in [0.05, 0.1) is 6.42 Å². The normalized spacial score (nSPS) is 12.9. The van der Waals surface area contributed by atoms with Gasteiger partial charge in [-0.2, -0.15) is 0 Å². The number of aryl methyl sites for hydroxylation is 1. The standard InChI is InChI=1S/C24H22N2O2/c27-23(17-18-7-2-1-3-8-18)25-21-14-12-20(13-15-21)24(28)26-16-6-10-19-9-4-5-11-22(19)26/h1-5,7-9,11-15H,6,10,16-17H2,(H,25,27). The van der Waals surface area contributed by atoms with Crippen LogP contribution < -0.4 is 10.2 Å². The van der Waals surface area contributed by atoms with Gasteiger partial charge in [0.1, 0.15) is 0 Å². The molecule has 0 spiro atoms. The molecule has 0 unspecified atom stereocenters. The molecule has 1 heterocycles. The number of rotatable bonds is 4. The molecule has 0 radical (unpaired) electrons. The van der Waals surface area contributed by atoms with Gasteiger partial charge in [-0.1, -0.05) is 48.5 Å². The zero-order valence-corrected chi connectivity index (χ0v) is 15.6. The molecule has 140 valence electrons. The van der Waals surface area contributed by atoms with Crippen LogP contribution in [-0.2, 0) is 17.6 Å². The van der Waals surface area contributed by atoms with Crippen molar-refractivity contribution in [2.24, 2.45) is 0 Å². The first-order valence-electron chi connectivity index (χ1n) is 9.54. The van der Waals surface area contributed by atoms with Crippen molar-refractivity contribution in [2.45, 2.75) is 19.3 Å². The van der Waals surface area contributed by atoms with Crippen molar-refractivity contribution in [3.05, 3.63) is 95.6 Å². The molecule has 0 atom stereocenters. The molecule has 3 aromatic rings. The Balaban J connectivity index is 1.43. The van der Waals surface area contributed by atoms with Gasteiger partial charge in [-0.15, -0.1) is 0 Å². The lowest BCUT2D eigenvalue weighted by atomic mass is 10.0.